The number of hydrogen-bond acceptors (Lipinski definition) is 4. The van der Waals surface area contributed by atoms with Crippen LogP contribution in [-0.4, -0.2) is 31.5 Å². The van der Waals surface area contributed by atoms with Crippen LogP contribution in [0.2, 0.25) is 5.02 Å². The highest BCUT2D eigenvalue weighted by Gasteiger charge is 2.22. The van der Waals surface area contributed by atoms with E-state index >= 15 is 0 Å². The molecule has 3 aromatic heterocycles. The number of aromatic nitrogens is 5. The summed E-state index contributed by atoms with van der Waals surface area (Å²) >= 11 is 6.25. The minimum Gasteiger partial charge on any atom is -0.466 e. The lowest BCUT2D eigenvalue weighted by Gasteiger charge is -2.12. The Morgan fingerprint density at radius 3 is 2.79 bits per heavy atom. The van der Waals surface area contributed by atoms with E-state index in [1.165, 1.54) is 28.4 Å². The van der Waals surface area contributed by atoms with Gasteiger partial charge in [0.2, 0.25) is 0 Å². The van der Waals surface area contributed by atoms with Crippen molar-refractivity contribution in [2.45, 2.75) is 6.43 Å². The van der Waals surface area contributed by atoms with Gasteiger partial charge in [-0.1, -0.05) is 23.7 Å². The van der Waals surface area contributed by atoms with Gasteiger partial charge in [0.1, 0.15) is 0 Å². The second-order valence-corrected chi connectivity index (χ2v) is 5.42. The molecule has 0 amide bonds. The summed E-state index contributed by atoms with van der Waals surface area (Å²) in [4.78, 5) is 4.12. The summed E-state index contributed by atoms with van der Waals surface area (Å²) in [6, 6.07) is 8.07. The summed E-state index contributed by atoms with van der Waals surface area (Å²) in [7, 11) is 1.41. The summed E-state index contributed by atoms with van der Waals surface area (Å²) in [5.74, 6) is 0.0707. The molecule has 1 aromatic carbocycles. The van der Waals surface area contributed by atoms with Crippen LogP contribution in [0.15, 0.2) is 36.5 Å². The molecule has 122 valence electrons. The number of para-hydroxylation sites is 1. The van der Waals surface area contributed by atoms with E-state index in [0.717, 1.165) is 5.39 Å². The molecular weight excluding hydrogens is 340 g/mol. The van der Waals surface area contributed by atoms with Gasteiger partial charge < -0.3 is 4.74 Å². The number of benzene rings is 1. The summed E-state index contributed by atoms with van der Waals surface area (Å²) < 4.78 is 34.8. The molecule has 0 saturated carbocycles. The molecule has 0 aliphatic rings. The van der Waals surface area contributed by atoms with Gasteiger partial charge in [0.25, 0.3) is 6.43 Å². The van der Waals surface area contributed by atoms with E-state index in [0.29, 0.717) is 16.2 Å². The van der Waals surface area contributed by atoms with Crippen LogP contribution in [0.3, 0.4) is 0 Å². The van der Waals surface area contributed by atoms with E-state index in [9.17, 15) is 8.78 Å². The average Bonchev–Trinajstić information content (AvgIpc) is 3.18. The van der Waals surface area contributed by atoms with Crippen LogP contribution in [-0.2, 0) is 0 Å². The lowest BCUT2D eigenvalue weighted by molar-refractivity contribution is 0.150. The van der Waals surface area contributed by atoms with Crippen molar-refractivity contribution in [3.05, 3.63) is 47.1 Å². The highest BCUT2D eigenvalue weighted by atomic mass is 35.5. The molecule has 0 fully saturated rings. The van der Waals surface area contributed by atoms with Crippen molar-refractivity contribution in [1.82, 2.24) is 24.4 Å². The van der Waals surface area contributed by atoms with Crippen LogP contribution < -0.4 is 4.74 Å². The maximum Gasteiger partial charge on any atom is 0.336 e. The number of hydrogen-bond donors (Lipinski definition) is 0. The molecule has 4 rings (SSSR count). The summed E-state index contributed by atoms with van der Waals surface area (Å²) in [6.07, 6.45) is -1.16. The molecule has 6 nitrogen and oxygen atoms in total. The zero-order valence-electron chi connectivity index (χ0n) is 12.3. The van der Waals surface area contributed by atoms with E-state index in [1.54, 1.807) is 24.4 Å². The third kappa shape index (κ3) is 2.10. The zero-order valence-corrected chi connectivity index (χ0v) is 13.1. The smallest absolute Gasteiger partial charge is 0.336 e. The Morgan fingerprint density at radius 2 is 2.04 bits per heavy atom. The lowest BCUT2D eigenvalue weighted by Crippen LogP contribution is -2.10. The van der Waals surface area contributed by atoms with Gasteiger partial charge in [0, 0.05) is 5.39 Å². The van der Waals surface area contributed by atoms with Gasteiger partial charge in [-0.3, -0.25) is 0 Å². The van der Waals surface area contributed by atoms with Crippen molar-refractivity contribution in [1.29, 1.82) is 0 Å². The predicted octanol–water partition coefficient (Wildman–Crippen LogP) is 3.67. The Labute approximate surface area is 139 Å². The van der Waals surface area contributed by atoms with Crippen molar-refractivity contribution >= 4 is 28.2 Å². The predicted molar refractivity (Wildman–Crippen MR) is 84.1 cm³/mol. The quantitative estimate of drug-likeness (QED) is 0.566. The fourth-order valence-electron chi connectivity index (χ4n) is 2.60. The number of halogens is 3. The van der Waals surface area contributed by atoms with E-state index < -0.39 is 6.43 Å². The molecule has 0 aliphatic heterocycles. The van der Waals surface area contributed by atoms with Gasteiger partial charge in [0.05, 0.1) is 29.4 Å². The second kappa shape index (κ2) is 5.41. The van der Waals surface area contributed by atoms with E-state index in [-0.39, 0.29) is 17.4 Å². The van der Waals surface area contributed by atoms with Gasteiger partial charge in [-0.2, -0.15) is 14.6 Å². The van der Waals surface area contributed by atoms with E-state index in [2.05, 4.69) is 15.2 Å². The number of pyridine rings is 1. The Bertz CT molecular complexity index is 1060. The molecule has 9 heteroatoms. The van der Waals surface area contributed by atoms with Crippen LogP contribution in [0.25, 0.3) is 22.4 Å². The van der Waals surface area contributed by atoms with Crippen molar-refractivity contribution in [3.63, 3.8) is 0 Å². The van der Waals surface area contributed by atoms with Crippen molar-refractivity contribution in [3.8, 4) is 11.8 Å². The molecule has 0 N–H and O–H groups in total. The Kier molecular flexibility index (Phi) is 3.34. The van der Waals surface area contributed by atoms with Crippen LogP contribution in [0.4, 0.5) is 8.78 Å². The monoisotopic (exact) mass is 349 g/mol. The number of methoxy groups -OCH3 is 1. The highest BCUT2D eigenvalue weighted by molar-refractivity contribution is 6.35. The fraction of sp³-hybridized carbons (Fsp3) is 0.133. The fourth-order valence-corrected chi connectivity index (χ4v) is 2.86. The molecule has 3 heterocycles. The Balaban J connectivity index is 2.13. The number of rotatable bonds is 3. The topological polar surface area (TPSA) is 57.2 Å². The molecule has 4 aromatic rings. The van der Waals surface area contributed by atoms with Crippen LogP contribution >= 0.6 is 11.6 Å². The summed E-state index contributed by atoms with van der Waals surface area (Å²) in [5.41, 5.74) is 0.643. The molecule has 0 radical (unpaired) electrons. The zero-order chi connectivity index (χ0) is 16.8. The highest BCUT2D eigenvalue weighted by Crippen LogP contribution is 2.31. The summed E-state index contributed by atoms with van der Waals surface area (Å²) in [5, 5.41) is 9.46. The Morgan fingerprint density at radius 1 is 1.21 bits per heavy atom. The number of alkyl halides is 2. The lowest BCUT2D eigenvalue weighted by atomic mass is 10.2. The van der Waals surface area contributed by atoms with Gasteiger partial charge in [-0.25, -0.2) is 13.5 Å². The maximum atomic E-state index is 13.6. The molecule has 0 unspecified atom stereocenters. The van der Waals surface area contributed by atoms with Crippen molar-refractivity contribution in [2.24, 2.45) is 0 Å². The summed E-state index contributed by atoms with van der Waals surface area (Å²) in [6.45, 7) is 0. The minimum atomic E-state index is -2.72. The Hall–Kier alpha value is -2.74. The molecule has 24 heavy (non-hydrogen) atoms. The molecule has 0 bridgehead atoms. The standard InChI is InChI=1S/C15H10ClF2N5O/c1-24-15-20-11-6-5-9(13(17)18)14(22(11)21-15)23-12-8(7-19-23)3-2-4-10(12)16/h2-7,13H,1H3. The SMILES string of the molecule is COc1nc2ccc(C(F)F)c(-n3ncc4cccc(Cl)c43)n2n1. The third-order valence-corrected chi connectivity index (χ3v) is 3.95. The molecule has 0 saturated heterocycles. The molecular formula is C15H10ClF2N5O. The number of nitrogens with zero attached hydrogens (tertiary/aromatic N) is 5. The van der Waals surface area contributed by atoms with Crippen LogP contribution in [0, 0.1) is 0 Å². The second-order valence-electron chi connectivity index (χ2n) is 5.02. The largest absolute Gasteiger partial charge is 0.466 e. The first-order valence-electron chi connectivity index (χ1n) is 6.94. The van der Waals surface area contributed by atoms with Crippen molar-refractivity contribution in [2.75, 3.05) is 7.11 Å². The van der Waals surface area contributed by atoms with Gasteiger partial charge in [-0.05, 0) is 18.2 Å². The van der Waals surface area contributed by atoms with Gasteiger partial charge in [0.15, 0.2) is 11.5 Å². The van der Waals surface area contributed by atoms with Crippen molar-refractivity contribution < 1.29 is 13.5 Å². The minimum absolute atomic E-state index is 0.0707. The average molecular weight is 350 g/mol. The van der Waals surface area contributed by atoms with Crippen LogP contribution in [0.1, 0.15) is 12.0 Å². The number of fused-ring (bicyclic) bond motifs is 2. The normalized spacial score (nSPS) is 11.7. The molecule has 0 aliphatic carbocycles. The first-order valence-corrected chi connectivity index (χ1v) is 7.32. The molecule has 0 atom stereocenters. The van der Waals surface area contributed by atoms with Gasteiger partial charge >= 0.3 is 6.01 Å². The van der Waals surface area contributed by atoms with Crippen LogP contribution in [0.5, 0.6) is 6.01 Å². The van der Waals surface area contributed by atoms with E-state index in [1.807, 2.05) is 0 Å². The maximum absolute atomic E-state index is 13.6. The molecule has 0 spiro atoms. The third-order valence-electron chi connectivity index (χ3n) is 3.64. The first-order chi connectivity index (χ1) is 11.6. The van der Waals surface area contributed by atoms with E-state index in [4.69, 9.17) is 16.3 Å². The number of ether oxygens (including phenoxy) is 1. The first kappa shape index (κ1) is 14.8. The van der Waals surface area contributed by atoms with Gasteiger partial charge in [-0.15, -0.1) is 5.10 Å².